The van der Waals surface area contributed by atoms with Crippen LogP contribution < -0.4 is 24.8 Å². The van der Waals surface area contributed by atoms with Gasteiger partial charge in [-0.1, -0.05) is 6.07 Å². The maximum Gasteiger partial charge on any atom is 0.394 e. The molecule has 1 aliphatic heterocycles. The number of ether oxygens (including phenoxy) is 4. The van der Waals surface area contributed by atoms with E-state index in [4.69, 9.17) is 33.3 Å². The number of benzene rings is 2. The molecule has 12 heteroatoms. The van der Waals surface area contributed by atoms with E-state index < -0.39 is 0 Å². The summed E-state index contributed by atoms with van der Waals surface area (Å²) >= 11 is 0. The number of methoxy groups -OCH3 is 2. The second-order valence-corrected chi connectivity index (χ2v) is 10.7. The minimum Gasteiger partial charge on any atom is -0.495 e. The van der Waals surface area contributed by atoms with Crippen molar-refractivity contribution >= 4 is 39.7 Å². The Bertz CT molecular complexity index is 1790. The maximum absolute atomic E-state index is 12.8. The molecule has 0 spiro atoms. The van der Waals surface area contributed by atoms with Gasteiger partial charge in [-0.15, -0.1) is 0 Å². The number of amides is 1. The Labute approximate surface area is 247 Å². The highest BCUT2D eigenvalue weighted by atomic mass is 16.6. The van der Waals surface area contributed by atoms with Crippen molar-refractivity contribution in [2.75, 3.05) is 32.8 Å². The van der Waals surface area contributed by atoms with E-state index >= 15 is 0 Å². The van der Waals surface area contributed by atoms with Crippen LogP contribution in [0.15, 0.2) is 47.0 Å². The van der Waals surface area contributed by atoms with Crippen LogP contribution in [0.1, 0.15) is 42.5 Å². The molecule has 43 heavy (non-hydrogen) atoms. The number of H-pyrrole nitrogens is 1. The third kappa shape index (κ3) is 5.41. The van der Waals surface area contributed by atoms with E-state index in [0.717, 1.165) is 48.6 Å². The van der Waals surface area contributed by atoms with Crippen LogP contribution in [0.2, 0.25) is 0 Å². The number of carbonyl (C=O) groups is 1. The summed E-state index contributed by atoms with van der Waals surface area (Å²) in [4.78, 5) is 30.0. The van der Waals surface area contributed by atoms with Crippen LogP contribution in [-0.2, 0) is 4.74 Å². The van der Waals surface area contributed by atoms with Crippen molar-refractivity contribution in [3.8, 4) is 28.8 Å². The van der Waals surface area contributed by atoms with Crippen molar-refractivity contribution in [3.63, 3.8) is 0 Å². The lowest BCUT2D eigenvalue weighted by Gasteiger charge is -2.16. The molecule has 2 fully saturated rings. The van der Waals surface area contributed by atoms with Crippen LogP contribution in [0.4, 0.5) is 11.6 Å². The van der Waals surface area contributed by atoms with Crippen molar-refractivity contribution in [3.05, 3.63) is 48.2 Å². The molecule has 0 radical (unpaired) electrons. The summed E-state index contributed by atoms with van der Waals surface area (Å²) < 4.78 is 28.4. The fourth-order valence-electron chi connectivity index (χ4n) is 5.66. The predicted molar refractivity (Wildman–Crippen MR) is 159 cm³/mol. The van der Waals surface area contributed by atoms with Gasteiger partial charge in [-0.3, -0.25) is 4.79 Å². The Morgan fingerprint density at radius 2 is 1.91 bits per heavy atom. The summed E-state index contributed by atoms with van der Waals surface area (Å²) in [5.41, 5.74) is 4.82. The molecule has 5 aromatic rings. The molecular weight excluding hydrogens is 552 g/mol. The SMILES string of the molecule is COc1nc2ccc(-c3c[nH]c4nc(Nc5ccc(C(=O)N[C@H]6CCOC6)cc5OC)nc(OC5CCCC5)c34)cc2o1. The fraction of sp³-hybridized carbons (Fsp3) is 0.355. The van der Waals surface area contributed by atoms with Crippen molar-refractivity contribution in [2.24, 2.45) is 0 Å². The molecule has 1 saturated carbocycles. The molecule has 1 amide bonds. The van der Waals surface area contributed by atoms with E-state index in [1.54, 1.807) is 25.3 Å². The quantitative estimate of drug-likeness (QED) is 0.207. The number of aromatic nitrogens is 4. The molecule has 1 atom stereocenters. The third-order valence-electron chi connectivity index (χ3n) is 7.91. The van der Waals surface area contributed by atoms with Crippen molar-refractivity contribution in [1.82, 2.24) is 25.3 Å². The number of oxazole rings is 1. The van der Waals surface area contributed by atoms with Gasteiger partial charge in [-0.25, -0.2) is 0 Å². The summed E-state index contributed by atoms with van der Waals surface area (Å²) in [5, 5.41) is 7.05. The van der Waals surface area contributed by atoms with Crippen LogP contribution in [0.5, 0.6) is 17.7 Å². The second kappa shape index (κ2) is 11.4. The summed E-state index contributed by atoms with van der Waals surface area (Å²) in [6.07, 6.45) is 7.18. The highest BCUT2D eigenvalue weighted by Crippen LogP contribution is 2.38. The lowest BCUT2D eigenvalue weighted by molar-refractivity contribution is 0.0929. The van der Waals surface area contributed by atoms with Gasteiger partial charge in [0.2, 0.25) is 11.8 Å². The van der Waals surface area contributed by atoms with Gasteiger partial charge < -0.3 is 39.0 Å². The minimum atomic E-state index is -0.175. The van der Waals surface area contributed by atoms with Crippen molar-refractivity contribution in [2.45, 2.75) is 44.2 Å². The Balaban J connectivity index is 1.22. The first-order valence-corrected chi connectivity index (χ1v) is 14.4. The lowest BCUT2D eigenvalue weighted by Crippen LogP contribution is -2.34. The smallest absolute Gasteiger partial charge is 0.394 e. The van der Waals surface area contributed by atoms with Crippen LogP contribution >= 0.6 is 0 Å². The van der Waals surface area contributed by atoms with E-state index in [1.807, 2.05) is 24.4 Å². The second-order valence-electron chi connectivity index (χ2n) is 10.7. The maximum atomic E-state index is 12.8. The molecule has 1 aliphatic carbocycles. The molecule has 12 nitrogen and oxygen atoms in total. The average molecular weight is 585 g/mol. The molecule has 2 aromatic carbocycles. The minimum absolute atomic E-state index is 0.0147. The fourth-order valence-corrected chi connectivity index (χ4v) is 5.66. The highest BCUT2D eigenvalue weighted by Gasteiger charge is 2.24. The Morgan fingerprint density at radius 1 is 1.02 bits per heavy atom. The predicted octanol–water partition coefficient (Wildman–Crippen LogP) is 5.37. The van der Waals surface area contributed by atoms with Gasteiger partial charge in [0.15, 0.2) is 5.58 Å². The number of nitrogens with zero attached hydrogens (tertiary/aromatic N) is 3. The summed E-state index contributed by atoms with van der Waals surface area (Å²) in [5.74, 6) is 1.13. The van der Waals surface area contributed by atoms with Crippen LogP contribution in [0, 0.1) is 0 Å². The topological polar surface area (TPSA) is 146 Å². The number of fused-ring (bicyclic) bond motifs is 2. The van der Waals surface area contributed by atoms with E-state index in [1.165, 1.54) is 7.11 Å². The van der Waals surface area contributed by atoms with Gasteiger partial charge in [0.25, 0.3) is 5.91 Å². The first kappa shape index (κ1) is 27.0. The monoisotopic (exact) mass is 584 g/mol. The number of rotatable bonds is 9. The van der Waals surface area contributed by atoms with Crippen LogP contribution in [-0.4, -0.2) is 65.4 Å². The average Bonchev–Trinajstić information content (AvgIpc) is 3.84. The first-order valence-electron chi connectivity index (χ1n) is 14.4. The zero-order valence-electron chi connectivity index (χ0n) is 23.9. The molecule has 1 saturated heterocycles. The summed E-state index contributed by atoms with van der Waals surface area (Å²) in [6.45, 7) is 1.18. The number of aromatic amines is 1. The zero-order chi connectivity index (χ0) is 29.3. The van der Waals surface area contributed by atoms with E-state index in [-0.39, 0.29) is 24.1 Å². The van der Waals surface area contributed by atoms with Gasteiger partial charge in [-0.05, 0) is 68.0 Å². The van der Waals surface area contributed by atoms with Crippen LogP contribution in [0.25, 0.3) is 33.3 Å². The molecule has 3 N–H and O–H groups in total. The lowest BCUT2D eigenvalue weighted by atomic mass is 10.1. The molecular formula is C31H32N6O6. The van der Waals surface area contributed by atoms with Gasteiger partial charge in [-0.2, -0.15) is 15.0 Å². The van der Waals surface area contributed by atoms with E-state index in [2.05, 4.69) is 20.6 Å². The number of carbonyl (C=O) groups excluding carboxylic acids is 1. The molecule has 0 unspecified atom stereocenters. The first-order chi connectivity index (χ1) is 21.1. The summed E-state index contributed by atoms with van der Waals surface area (Å²) in [6, 6.07) is 11.0. The Morgan fingerprint density at radius 3 is 2.70 bits per heavy atom. The molecule has 3 aromatic heterocycles. The Hall–Kier alpha value is -4.84. The molecule has 4 heterocycles. The third-order valence-corrected chi connectivity index (χ3v) is 7.91. The van der Waals surface area contributed by atoms with Gasteiger partial charge in [0.1, 0.15) is 23.0 Å². The van der Waals surface area contributed by atoms with Gasteiger partial charge in [0.05, 0.1) is 37.9 Å². The van der Waals surface area contributed by atoms with Gasteiger partial charge >= 0.3 is 6.08 Å². The number of hydrogen-bond donors (Lipinski definition) is 3. The van der Waals surface area contributed by atoms with Gasteiger partial charge in [0, 0.05) is 23.9 Å². The zero-order valence-corrected chi connectivity index (χ0v) is 23.9. The largest absolute Gasteiger partial charge is 0.495 e. The molecule has 7 rings (SSSR count). The summed E-state index contributed by atoms with van der Waals surface area (Å²) in [7, 11) is 3.08. The Kier molecular flexibility index (Phi) is 7.19. The molecule has 2 aliphatic rings. The van der Waals surface area contributed by atoms with E-state index in [0.29, 0.717) is 58.8 Å². The normalized spacial score (nSPS) is 17.0. The number of anilines is 2. The van der Waals surface area contributed by atoms with Crippen molar-refractivity contribution < 1.29 is 28.2 Å². The van der Waals surface area contributed by atoms with E-state index in [9.17, 15) is 4.79 Å². The number of nitrogens with one attached hydrogen (secondary N) is 3. The van der Waals surface area contributed by atoms with Crippen LogP contribution in [0.3, 0.4) is 0 Å². The number of hydrogen-bond acceptors (Lipinski definition) is 10. The van der Waals surface area contributed by atoms with Crippen molar-refractivity contribution in [1.29, 1.82) is 0 Å². The standard InChI is InChI=1S/C31H32N6O6/c1-39-24-14-18(28(38)33-19-11-12-41-16-19)8-10-22(24)34-30-36-27-26(29(37-30)42-20-5-3-4-6-20)21(15-32-27)17-7-9-23-25(13-17)43-31(35-23)40-2/h7-10,13-15,19-20H,3-6,11-12,16H2,1-2H3,(H,33,38)(H2,32,34,36,37)/t19-/m0/s1. The molecule has 222 valence electrons. The highest BCUT2D eigenvalue weighted by molar-refractivity contribution is 5.99. The molecule has 0 bridgehead atoms.